The summed E-state index contributed by atoms with van der Waals surface area (Å²) in [6.07, 6.45) is 0. The Bertz CT molecular complexity index is 606. The molecule has 0 aliphatic rings. The van der Waals surface area contributed by atoms with Crippen LogP contribution >= 0.6 is 11.8 Å². The van der Waals surface area contributed by atoms with Crippen molar-refractivity contribution in [1.29, 1.82) is 0 Å². The van der Waals surface area contributed by atoms with Crippen LogP contribution in [0.5, 0.6) is 0 Å². The standard InChI is InChI=1S/C17H24N2O3S/c1-10(2)13(14(18)20)19-15(21)11-8-6-7-9-12(11)23-16(22)17(3,4)5/h6-10,13H,1-5H3,(H2,18,20)(H,19,21). The SMILES string of the molecule is CC(C)C(NC(=O)c1ccccc1SC(=O)C(C)(C)C)C(N)=O. The third-order valence-corrected chi connectivity index (χ3v) is 4.58. The first-order valence-corrected chi connectivity index (χ1v) is 8.27. The van der Waals surface area contributed by atoms with E-state index in [2.05, 4.69) is 5.32 Å². The van der Waals surface area contributed by atoms with E-state index in [4.69, 9.17) is 5.73 Å². The van der Waals surface area contributed by atoms with Gasteiger partial charge in [-0.05, 0) is 18.1 Å². The van der Waals surface area contributed by atoms with E-state index in [0.717, 1.165) is 11.8 Å². The summed E-state index contributed by atoms with van der Waals surface area (Å²) in [6.45, 7) is 9.09. The minimum Gasteiger partial charge on any atom is -0.368 e. The summed E-state index contributed by atoms with van der Waals surface area (Å²) in [7, 11) is 0. The minimum absolute atomic E-state index is 0.0342. The number of carbonyl (C=O) groups excluding carboxylic acids is 3. The average molecular weight is 336 g/mol. The maximum atomic E-state index is 12.5. The number of amides is 2. The zero-order valence-corrected chi connectivity index (χ0v) is 15.0. The molecule has 126 valence electrons. The van der Waals surface area contributed by atoms with Gasteiger partial charge in [0.15, 0.2) is 5.12 Å². The van der Waals surface area contributed by atoms with Gasteiger partial charge in [-0.3, -0.25) is 14.4 Å². The Morgan fingerprint density at radius 3 is 2.17 bits per heavy atom. The smallest absolute Gasteiger partial charge is 0.253 e. The molecule has 0 aliphatic carbocycles. The van der Waals surface area contributed by atoms with Gasteiger partial charge in [0.1, 0.15) is 6.04 Å². The van der Waals surface area contributed by atoms with Gasteiger partial charge < -0.3 is 11.1 Å². The van der Waals surface area contributed by atoms with Gasteiger partial charge in [-0.25, -0.2) is 0 Å². The van der Waals surface area contributed by atoms with Crippen LogP contribution in [0.3, 0.4) is 0 Å². The van der Waals surface area contributed by atoms with E-state index in [-0.39, 0.29) is 11.0 Å². The fraction of sp³-hybridized carbons (Fsp3) is 0.471. The Labute approximate surface area is 141 Å². The highest BCUT2D eigenvalue weighted by Crippen LogP contribution is 2.31. The number of nitrogens with two attached hydrogens (primary N) is 1. The van der Waals surface area contributed by atoms with Crippen molar-refractivity contribution >= 4 is 28.7 Å². The van der Waals surface area contributed by atoms with Crippen molar-refractivity contribution in [3.63, 3.8) is 0 Å². The van der Waals surface area contributed by atoms with Crippen LogP contribution in [0.2, 0.25) is 0 Å². The summed E-state index contributed by atoms with van der Waals surface area (Å²) >= 11 is 1.03. The molecule has 0 heterocycles. The van der Waals surface area contributed by atoms with Crippen molar-refractivity contribution in [1.82, 2.24) is 5.32 Å². The molecule has 0 saturated carbocycles. The number of benzene rings is 1. The zero-order chi connectivity index (χ0) is 17.8. The second kappa shape index (κ2) is 7.64. The van der Waals surface area contributed by atoms with Gasteiger partial charge in [0, 0.05) is 10.3 Å². The largest absolute Gasteiger partial charge is 0.368 e. The highest BCUT2D eigenvalue weighted by molar-refractivity contribution is 8.13. The summed E-state index contributed by atoms with van der Waals surface area (Å²) in [4.78, 5) is 36.7. The maximum Gasteiger partial charge on any atom is 0.253 e. The Morgan fingerprint density at radius 2 is 1.70 bits per heavy atom. The molecule has 1 rings (SSSR count). The van der Waals surface area contributed by atoms with E-state index in [9.17, 15) is 14.4 Å². The van der Waals surface area contributed by atoms with E-state index in [1.54, 1.807) is 38.1 Å². The van der Waals surface area contributed by atoms with Gasteiger partial charge >= 0.3 is 0 Å². The van der Waals surface area contributed by atoms with Crippen LogP contribution in [0.25, 0.3) is 0 Å². The first-order valence-electron chi connectivity index (χ1n) is 7.45. The highest BCUT2D eigenvalue weighted by atomic mass is 32.2. The predicted molar refractivity (Wildman–Crippen MR) is 92.0 cm³/mol. The van der Waals surface area contributed by atoms with Gasteiger partial charge in [0.05, 0.1) is 5.56 Å². The Morgan fingerprint density at radius 1 is 1.13 bits per heavy atom. The second-order valence-electron chi connectivity index (χ2n) is 6.73. The molecule has 5 nitrogen and oxygen atoms in total. The molecule has 0 aromatic heterocycles. The van der Waals surface area contributed by atoms with Crippen LogP contribution in [0.4, 0.5) is 0 Å². The third-order valence-electron chi connectivity index (χ3n) is 3.21. The van der Waals surface area contributed by atoms with E-state index in [1.165, 1.54) is 0 Å². The molecule has 3 N–H and O–H groups in total. The normalized spacial score (nSPS) is 12.8. The van der Waals surface area contributed by atoms with Crippen LogP contribution in [0, 0.1) is 11.3 Å². The van der Waals surface area contributed by atoms with Gasteiger partial charge in [0.25, 0.3) is 5.91 Å². The van der Waals surface area contributed by atoms with Gasteiger partial charge in [0.2, 0.25) is 5.91 Å². The van der Waals surface area contributed by atoms with E-state index < -0.39 is 23.3 Å². The van der Waals surface area contributed by atoms with Crippen molar-refractivity contribution in [3.8, 4) is 0 Å². The summed E-state index contributed by atoms with van der Waals surface area (Å²) < 4.78 is 0. The van der Waals surface area contributed by atoms with Crippen LogP contribution < -0.4 is 11.1 Å². The van der Waals surface area contributed by atoms with Crippen LogP contribution in [0.1, 0.15) is 45.0 Å². The molecule has 0 bridgehead atoms. The molecule has 1 unspecified atom stereocenters. The Kier molecular flexibility index (Phi) is 6.38. The minimum atomic E-state index is -0.751. The molecule has 2 amide bonds. The topological polar surface area (TPSA) is 89.3 Å². The van der Waals surface area contributed by atoms with Crippen molar-refractivity contribution in [2.75, 3.05) is 0 Å². The van der Waals surface area contributed by atoms with E-state index in [1.807, 2.05) is 20.8 Å². The fourth-order valence-corrected chi connectivity index (χ4v) is 2.70. The quantitative estimate of drug-likeness (QED) is 0.809. The molecule has 0 aliphatic heterocycles. The number of thioether (sulfide) groups is 1. The highest BCUT2D eigenvalue weighted by Gasteiger charge is 2.26. The lowest BCUT2D eigenvalue weighted by Crippen LogP contribution is -2.47. The first-order chi connectivity index (χ1) is 10.5. The monoisotopic (exact) mass is 336 g/mol. The van der Waals surface area contributed by atoms with E-state index in [0.29, 0.717) is 10.5 Å². The molecule has 23 heavy (non-hydrogen) atoms. The lowest BCUT2D eigenvalue weighted by Gasteiger charge is -2.20. The maximum absolute atomic E-state index is 12.5. The van der Waals surface area contributed by atoms with Crippen LogP contribution in [-0.4, -0.2) is 23.0 Å². The van der Waals surface area contributed by atoms with Crippen LogP contribution in [0.15, 0.2) is 29.2 Å². The summed E-state index contributed by atoms with van der Waals surface area (Å²) in [5.41, 5.74) is 5.18. The average Bonchev–Trinajstić information content (AvgIpc) is 2.43. The number of hydrogen-bond donors (Lipinski definition) is 2. The second-order valence-corrected chi connectivity index (χ2v) is 7.75. The van der Waals surface area contributed by atoms with Crippen molar-refractivity contribution < 1.29 is 14.4 Å². The third kappa shape index (κ3) is 5.39. The number of rotatable bonds is 5. The fourth-order valence-electron chi connectivity index (χ4n) is 1.78. The predicted octanol–water partition coefficient (Wildman–Crippen LogP) is 2.59. The molecule has 0 radical (unpaired) electrons. The van der Waals surface area contributed by atoms with Gasteiger partial charge in [-0.1, -0.05) is 58.5 Å². The molecule has 1 aromatic rings. The lowest BCUT2D eigenvalue weighted by molar-refractivity contribution is -0.120. The van der Waals surface area contributed by atoms with Crippen molar-refractivity contribution in [2.45, 2.75) is 45.6 Å². The lowest BCUT2D eigenvalue weighted by atomic mass is 10.00. The van der Waals surface area contributed by atoms with Crippen LogP contribution in [-0.2, 0) is 9.59 Å². The molecule has 6 heteroatoms. The molecule has 0 fully saturated rings. The summed E-state index contributed by atoms with van der Waals surface area (Å²) in [5.74, 6) is -1.11. The molecular weight excluding hydrogens is 312 g/mol. The summed E-state index contributed by atoms with van der Waals surface area (Å²) in [6, 6.07) is 6.08. The number of carbonyl (C=O) groups is 3. The van der Waals surface area contributed by atoms with Crippen molar-refractivity contribution in [3.05, 3.63) is 29.8 Å². The Hall–Kier alpha value is -1.82. The van der Waals surface area contributed by atoms with E-state index >= 15 is 0 Å². The van der Waals surface area contributed by atoms with Gasteiger partial charge in [-0.2, -0.15) is 0 Å². The number of nitrogens with one attached hydrogen (secondary N) is 1. The number of primary amides is 1. The Balaban J connectivity index is 3.02. The number of hydrogen-bond acceptors (Lipinski definition) is 4. The molecule has 0 spiro atoms. The molecule has 1 atom stereocenters. The van der Waals surface area contributed by atoms with Gasteiger partial charge in [-0.15, -0.1) is 0 Å². The molecular formula is C17H24N2O3S. The summed E-state index contributed by atoms with van der Waals surface area (Å²) in [5, 5.41) is 2.61. The van der Waals surface area contributed by atoms with Crippen molar-refractivity contribution in [2.24, 2.45) is 17.1 Å². The molecule has 1 aromatic carbocycles. The molecule has 0 saturated heterocycles. The first kappa shape index (κ1) is 19.2. The zero-order valence-electron chi connectivity index (χ0n) is 14.2.